The van der Waals surface area contributed by atoms with Gasteiger partial charge in [0.2, 0.25) is 5.91 Å². The highest BCUT2D eigenvalue weighted by Gasteiger charge is 2.37. The molecule has 2 N–H and O–H groups in total. The van der Waals surface area contributed by atoms with Gasteiger partial charge in [-0.05, 0) is 37.2 Å². The predicted octanol–water partition coefficient (Wildman–Crippen LogP) is 2.87. The lowest BCUT2D eigenvalue weighted by atomic mass is 9.95. The molecule has 3 rings (SSSR count). The summed E-state index contributed by atoms with van der Waals surface area (Å²) in [4.78, 5) is 14.8. The zero-order chi connectivity index (χ0) is 13.9. The Morgan fingerprint density at radius 1 is 1.10 bits per heavy atom. The third kappa shape index (κ3) is 2.59. The van der Waals surface area contributed by atoms with E-state index in [4.69, 9.17) is 5.73 Å². The molecule has 2 aliphatic rings. The minimum absolute atomic E-state index is 0.116. The molecule has 0 aromatic heterocycles. The fourth-order valence-electron chi connectivity index (χ4n) is 3.88. The minimum atomic E-state index is -0.502. The second-order valence-corrected chi connectivity index (χ2v) is 6.17. The topological polar surface area (TPSA) is 46.3 Å². The molecule has 0 bridgehead atoms. The van der Waals surface area contributed by atoms with E-state index in [0.29, 0.717) is 12.0 Å². The Balaban J connectivity index is 1.72. The van der Waals surface area contributed by atoms with Crippen molar-refractivity contribution in [3.8, 4) is 0 Å². The number of carbonyl (C=O) groups excluding carboxylic acids is 1. The Labute approximate surface area is 121 Å². The smallest absolute Gasteiger partial charge is 0.244 e. The fourth-order valence-corrected chi connectivity index (χ4v) is 3.88. The van der Waals surface area contributed by atoms with Crippen LogP contribution in [0.25, 0.3) is 0 Å². The molecule has 1 heterocycles. The van der Waals surface area contributed by atoms with Gasteiger partial charge in [-0.15, -0.1) is 0 Å². The monoisotopic (exact) mass is 272 g/mol. The van der Waals surface area contributed by atoms with Crippen LogP contribution in [0.3, 0.4) is 0 Å². The molecule has 1 saturated carbocycles. The highest BCUT2D eigenvalue weighted by molar-refractivity contribution is 5.83. The third-order valence-electron chi connectivity index (χ3n) is 4.95. The molecule has 20 heavy (non-hydrogen) atoms. The molecule has 1 aliphatic carbocycles. The third-order valence-corrected chi connectivity index (χ3v) is 4.95. The summed E-state index contributed by atoms with van der Waals surface area (Å²) in [6.45, 7) is 0.889. The number of likely N-dealkylation sites (tertiary alicyclic amines) is 1. The van der Waals surface area contributed by atoms with Crippen molar-refractivity contribution in [1.82, 2.24) is 4.90 Å². The van der Waals surface area contributed by atoms with Crippen LogP contribution in [0.15, 0.2) is 30.3 Å². The van der Waals surface area contributed by atoms with E-state index < -0.39 is 6.04 Å². The van der Waals surface area contributed by atoms with Crippen molar-refractivity contribution in [3.05, 3.63) is 35.9 Å². The van der Waals surface area contributed by atoms with E-state index in [1.54, 1.807) is 0 Å². The van der Waals surface area contributed by atoms with Crippen LogP contribution in [0.2, 0.25) is 0 Å². The van der Waals surface area contributed by atoms with E-state index in [2.05, 4.69) is 4.90 Å². The number of nitrogens with zero attached hydrogens (tertiary/aromatic N) is 1. The van der Waals surface area contributed by atoms with Crippen molar-refractivity contribution < 1.29 is 4.79 Å². The van der Waals surface area contributed by atoms with Crippen LogP contribution in [-0.2, 0) is 4.79 Å². The minimum Gasteiger partial charge on any atom is -0.338 e. The summed E-state index contributed by atoms with van der Waals surface area (Å²) in [5, 5.41) is 0. The largest absolute Gasteiger partial charge is 0.338 e. The first kappa shape index (κ1) is 13.6. The van der Waals surface area contributed by atoms with Gasteiger partial charge in [0.25, 0.3) is 0 Å². The van der Waals surface area contributed by atoms with Gasteiger partial charge in [0.05, 0.1) is 0 Å². The van der Waals surface area contributed by atoms with Gasteiger partial charge in [0.1, 0.15) is 6.04 Å². The molecule has 1 aromatic rings. The standard InChI is InChI=1S/C17H24N2O/c18-16(14-9-2-1-3-10-14)17(20)19-12-6-11-15(19)13-7-4-5-8-13/h1-3,9-10,13,15-16H,4-8,11-12,18H2/t15?,16-/m1/s1. The van der Waals surface area contributed by atoms with Crippen molar-refractivity contribution in [2.75, 3.05) is 6.54 Å². The highest BCUT2D eigenvalue weighted by atomic mass is 16.2. The lowest BCUT2D eigenvalue weighted by molar-refractivity contribution is -0.134. The maximum Gasteiger partial charge on any atom is 0.244 e. The normalized spacial score (nSPS) is 25.1. The number of rotatable bonds is 3. The van der Waals surface area contributed by atoms with Crippen LogP contribution in [-0.4, -0.2) is 23.4 Å². The van der Waals surface area contributed by atoms with Crippen molar-refractivity contribution in [1.29, 1.82) is 0 Å². The highest BCUT2D eigenvalue weighted by Crippen LogP contribution is 2.36. The molecule has 0 radical (unpaired) electrons. The average molecular weight is 272 g/mol. The van der Waals surface area contributed by atoms with Gasteiger partial charge in [-0.1, -0.05) is 43.2 Å². The SMILES string of the molecule is N[C@@H](C(=O)N1CCCC1C1CCCC1)c1ccccc1. The molecule has 1 amide bonds. The first-order valence-corrected chi connectivity index (χ1v) is 7.88. The van der Waals surface area contributed by atoms with E-state index in [1.807, 2.05) is 30.3 Å². The summed E-state index contributed by atoms with van der Waals surface area (Å²) in [6, 6.07) is 9.68. The van der Waals surface area contributed by atoms with Crippen LogP contribution in [0, 0.1) is 5.92 Å². The van der Waals surface area contributed by atoms with Crippen LogP contribution in [0.4, 0.5) is 0 Å². The van der Waals surface area contributed by atoms with Gasteiger partial charge >= 0.3 is 0 Å². The maximum atomic E-state index is 12.7. The Bertz CT molecular complexity index is 453. The van der Waals surface area contributed by atoms with E-state index in [9.17, 15) is 4.79 Å². The number of hydrogen-bond acceptors (Lipinski definition) is 2. The molecule has 0 spiro atoms. The molecule has 1 unspecified atom stereocenters. The molecular formula is C17H24N2O. The van der Waals surface area contributed by atoms with Gasteiger partial charge in [-0.25, -0.2) is 0 Å². The van der Waals surface area contributed by atoms with Crippen molar-refractivity contribution >= 4 is 5.91 Å². The first-order valence-electron chi connectivity index (χ1n) is 7.88. The molecule has 1 aliphatic heterocycles. The Hall–Kier alpha value is -1.35. The lowest BCUT2D eigenvalue weighted by Crippen LogP contribution is -2.44. The number of nitrogens with two attached hydrogens (primary N) is 1. The maximum absolute atomic E-state index is 12.7. The second kappa shape index (κ2) is 5.96. The lowest BCUT2D eigenvalue weighted by Gasteiger charge is -2.31. The zero-order valence-electron chi connectivity index (χ0n) is 12.0. The molecule has 1 saturated heterocycles. The Kier molecular flexibility index (Phi) is 4.06. The molecule has 3 nitrogen and oxygen atoms in total. The van der Waals surface area contributed by atoms with Crippen molar-refractivity contribution in [2.45, 2.75) is 50.6 Å². The number of carbonyl (C=O) groups is 1. The molecular weight excluding hydrogens is 248 g/mol. The summed E-state index contributed by atoms with van der Waals surface area (Å²) in [6.07, 6.45) is 7.53. The van der Waals surface area contributed by atoms with Crippen molar-refractivity contribution in [2.24, 2.45) is 11.7 Å². The predicted molar refractivity (Wildman–Crippen MR) is 80.1 cm³/mol. The van der Waals surface area contributed by atoms with Crippen LogP contribution in [0.5, 0.6) is 0 Å². The molecule has 2 atom stereocenters. The van der Waals surface area contributed by atoms with Crippen LogP contribution in [0.1, 0.15) is 50.1 Å². The van der Waals surface area contributed by atoms with Crippen LogP contribution < -0.4 is 5.73 Å². The zero-order valence-corrected chi connectivity index (χ0v) is 12.0. The summed E-state index contributed by atoms with van der Waals surface area (Å²) in [7, 11) is 0. The molecule has 3 heteroatoms. The number of hydrogen-bond donors (Lipinski definition) is 1. The second-order valence-electron chi connectivity index (χ2n) is 6.17. The molecule has 2 fully saturated rings. The Morgan fingerprint density at radius 2 is 1.80 bits per heavy atom. The van der Waals surface area contributed by atoms with Gasteiger partial charge < -0.3 is 10.6 Å². The fraction of sp³-hybridized carbons (Fsp3) is 0.588. The van der Waals surface area contributed by atoms with E-state index in [1.165, 1.54) is 25.7 Å². The first-order chi connectivity index (χ1) is 9.77. The molecule has 108 valence electrons. The van der Waals surface area contributed by atoms with Gasteiger partial charge in [-0.3, -0.25) is 4.79 Å². The Morgan fingerprint density at radius 3 is 2.50 bits per heavy atom. The van der Waals surface area contributed by atoms with E-state index >= 15 is 0 Å². The molecule has 1 aromatic carbocycles. The number of benzene rings is 1. The van der Waals surface area contributed by atoms with Gasteiger partial charge in [-0.2, -0.15) is 0 Å². The van der Waals surface area contributed by atoms with E-state index in [-0.39, 0.29) is 5.91 Å². The van der Waals surface area contributed by atoms with Gasteiger partial charge in [0.15, 0.2) is 0 Å². The summed E-state index contributed by atoms with van der Waals surface area (Å²) in [5.74, 6) is 0.829. The van der Waals surface area contributed by atoms with Gasteiger partial charge in [0, 0.05) is 12.6 Å². The quantitative estimate of drug-likeness (QED) is 0.919. The number of amides is 1. The average Bonchev–Trinajstić information content (AvgIpc) is 3.16. The summed E-state index contributed by atoms with van der Waals surface area (Å²) in [5.41, 5.74) is 7.11. The summed E-state index contributed by atoms with van der Waals surface area (Å²) < 4.78 is 0. The van der Waals surface area contributed by atoms with Crippen molar-refractivity contribution in [3.63, 3.8) is 0 Å². The van der Waals surface area contributed by atoms with Crippen LogP contribution >= 0.6 is 0 Å². The van der Waals surface area contributed by atoms with E-state index in [0.717, 1.165) is 24.9 Å². The summed E-state index contributed by atoms with van der Waals surface area (Å²) >= 11 is 0.